The second-order valence-corrected chi connectivity index (χ2v) is 7.44. The highest BCUT2D eigenvalue weighted by Crippen LogP contribution is 2.36. The summed E-state index contributed by atoms with van der Waals surface area (Å²) in [6.45, 7) is 3.71. The van der Waals surface area contributed by atoms with Crippen LogP contribution in [-0.2, 0) is 0 Å². The lowest BCUT2D eigenvalue weighted by Gasteiger charge is -2.23. The molecule has 0 atom stereocenters. The van der Waals surface area contributed by atoms with E-state index in [1.54, 1.807) is 6.07 Å². The van der Waals surface area contributed by atoms with Crippen molar-refractivity contribution in [2.45, 2.75) is 13.8 Å². The molecule has 160 valence electrons. The van der Waals surface area contributed by atoms with E-state index in [1.165, 1.54) is 18.2 Å². The van der Waals surface area contributed by atoms with Gasteiger partial charge in [-0.3, -0.25) is 20.6 Å². The minimum Gasteiger partial charge on any atom is -0.436 e. The highest BCUT2D eigenvalue weighted by Gasteiger charge is 2.20. The van der Waals surface area contributed by atoms with Gasteiger partial charge in [0.2, 0.25) is 11.6 Å². The summed E-state index contributed by atoms with van der Waals surface area (Å²) in [7, 11) is 0. The molecule has 1 aromatic carbocycles. The second kappa shape index (κ2) is 8.55. The van der Waals surface area contributed by atoms with Crippen molar-refractivity contribution in [3.8, 4) is 17.5 Å². The van der Waals surface area contributed by atoms with E-state index in [0.29, 0.717) is 11.3 Å². The number of hydrogen-bond acceptors (Lipinski definition) is 9. The van der Waals surface area contributed by atoms with Crippen LogP contribution >= 0.6 is 23.2 Å². The first-order valence-corrected chi connectivity index (χ1v) is 9.51. The van der Waals surface area contributed by atoms with Crippen LogP contribution < -0.4 is 32.6 Å². The van der Waals surface area contributed by atoms with Crippen molar-refractivity contribution in [2.24, 2.45) is 11.7 Å². The van der Waals surface area contributed by atoms with Gasteiger partial charge in [-0.05, 0) is 18.1 Å². The third-order valence-corrected chi connectivity index (χ3v) is 4.69. The molecular formula is C18H16Cl2N8O3. The molecule has 0 saturated carbocycles. The van der Waals surface area contributed by atoms with E-state index in [1.807, 2.05) is 18.8 Å². The summed E-state index contributed by atoms with van der Waals surface area (Å²) in [6.07, 6.45) is 1.53. The van der Waals surface area contributed by atoms with Gasteiger partial charge in [0.05, 0.1) is 15.7 Å². The Labute approximate surface area is 185 Å². The number of benzene rings is 1. The molecule has 31 heavy (non-hydrogen) atoms. The van der Waals surface area contributed by atoms with Crippen molar-refractivity contribution in [3.63, 3.8) is 0 Å². The summed E-state index contributed by atoms with van der Waals surface area (Å²) >= 11 is 12.6. The molecule has 1 aromatic heterocycles. The summed E-state index contributed by atoms with van der Waals surface area (Å²) in [5.41, 5.74) is 9.90. The standard InChI is InChI=1S/C18H16Cl2N8O3/c1-7(2)14(22)9-5-13(25-26-16(9)23)31-15-10(19)3-8(4-11(15)20)28-18(30)24-17(29)12(6-21)27-28/h3-5,7,22,25-26H,23H2,1-2H3,(H,24,29,30). The molecule has 3 rings (SSSR count). The topological polar surface area (TPSA) is 175 Å². The number of allylic oxidation sites excluding steroid dienone is 2. The molecule has 2 heterocycles. The first kappa shape index (κ1) is 21.9. The van der Waals surface area contributed by atoms with E-state index in [-0.39, 0.29) is 39.1 Å². The number of nitrogens with one attached hydrogen (secondary N) is 4. The molecule has 13 heteroatoms. The number of rotatable bonds is 5. The number of ether oxygens (including phenoxy) is 1. The van der Waals surface area contributed by atoms with E-state index >= 15 is 0 Å². The van der Waals surface area contributed by atoms with Crippen molar-refractivity contribution in [2.75, 3.05) is 0 Å². The Balaban J connectivity index is 1.99. The number of nitrogens with zero attached hydrogens (tertiary/aromatic N) is 3. The number of H-pyrrole nitrogens is 1. The average Bonchev–Trinajstić information content (AvgIpc) is 2.71. The zero-order chi connectivity index (χ0) is 22.9. The van der Waals surface area contributed by atoms with E-state index < -0.39 is 16.9 Å². The van der Waals surface area contributed by atoms with Gasteiger partial charge in [0.15, 0.2) is 5.75 Å². The van der Waals surface area contributed by atoms with Crippen LogP contribution in [0.4, 0.5) is 0 Å². The van der Waals surface area contributed by atoms with Gasteiger partial charge in [0.1, 0.15) is 11.9 Å². The van der Waals surface area contributed by atoms with Crippen LogP contribution in [0.3, 0.4) is 0 Å². The van der Waals surface area contributed by atoms with Gasteiger partial charge in [0.25, 0.3) is 5.56 Å². The van der Waals surface area contributed by atoms with Gasteiger partial charge in [-0.1, -0.05) is 37.0 Å². The average molecular weight is 463 g/mol. The van der Waals surface area contributed by atoms with E-state index in [9.17, 15) is 9.59 Å². The second-order valence-electron chi connectivity index (χ2n) is 6.63. The maximum Gasteiger partial charge on any atom is 0.349 e. The molecule has 11 nitrogen and oxygen atoms in total. The van der Waals surface area contributed by atoms with Gasteiger partial charge in [0, 0.05) is 17.4 Å². The number of aromatic amines is 1. The first-order chi connectivity index (χ1) is 14.6. The maximum absolute atomic E-state index is 12.1. The lowest BCUT2D eigenvalue weighted by Crippen LogP contribution is -2.41. The van der Waals surface area contributed by atoms with Crippen LogP contribution in [0, 0.1) is 22.7 Å². The van der Waals surface area contributed by atoms with Crippen LogP contribution in [0.15, 0.2) is 45.1 Å². The molecule has 0 fully saturated rings. The van der Waals surface area contributed by atoms with E-state index in [0.717, 1.165) is 4.68 Å². The SMILES string of the molecule is CC(C)C(=N)C1=C(N)NNC(Oc2c(Cl)cc(-n3nc(C#N)c(=O)[nH]c3=O)cc2Cl)=C1. The largest absolute Gasteiger partial charge is 0.436 e. The summed E-state index contributed by atoms with van der Waals surface area (Å²) in [5, 5.41) is 20.9. The van der Waals surface area contributed by atoms with Crippen LogP contribution in [0.5, 0.6) is 5.75 Å². The molecule has 0 amide bonds. The van der Waals surface area contributed by atoms with Gasteiger partial charge in [-0.25, -0.2) is 4.79 Å². The van der Waals surface area contributed by atoms with Crippen LogP contribution in [0.2, 0.25) is 10.0 Å². The Morgan fingerprint density at radius 1 is 1.29 bits per heavy atom. The molecule has 1 aliphatic rings. The lowest BCUT2D eigenvalue weighted by molar-refractivity contribution is 0.359. The number of aromatic nitrogens is 3. The Hall–Kier alpha value is -3.75. The Morgan fingerprint density at radius 2 is 1.94 bits per heavy atom. The Bertz CT molecular complexity index is 1280. The fourth-order valence-electron chi connectivity index (χ4n) is 2.55. The van der Waals surface area contributed by atoms with Crippen LogP contribution in [0.25, 0.3) is 5.69 Å². The number of nitrogens with two attached hydrogens (primary N) is 1. The normalized spacial score (nSPS) is 13.2. The predicted molar refractivity (Wildman–Crippen MR) is 114 cm³/mol. The summed E-state index contributed by atoms with van der Waals surface area (Å²) in [4.78, 5) is 25.6. The molecule has 0 aliphatic carbocycles. The van der Waals surface area contributed by atoms with Crippen LogP contribution in [0.1, 0.15) is 19.5 Å². The van der Waals surface area contributed by atoms with Crippen molar-refractivity contribution < 1.29 is 4.74 Å². The molecule has 0 bridgehead atoms. The molecule has 1 aliphatic heterocycles. The zero-order valence-electron chi connectivity index (χ0n) is 16.2. The number of hydrogen-bond donors (Lipinski definition) is 5. The molecule has 0 spiro atoms. The molecular weight excluding hydrogens is 447 g/mol. The molecule has 0 saturated heterocycles. The lowest BCUT2D eigenvalue weighted by atomic mass is 9.99. The molecule has 2 aromatic rings. The summed E-state index contributed by atoms with van der Waals surface area (Å²) < 4.78 is 6.51. The monoisotopic (exact) mass is 462 g/mol. The molecule has 0 radical (unpaired) electrons. The fraction of sp³-hybridized carbons (Fsp3) is 0.167. The fourth-order valence-corrected chi connectivity index (χ4v) is 3.11. The number of hydrazine groups is 1. The van der Waals surface area contributed by atoms with Crippen molar-refractivity contribution in [3.05, 3.63) is 72.1 Å². The predicted octanol–water partition coefficient (Wildman–Crippen LogP) is 1.27. The van der Waals surface area contributed by atoms with Gasteiger partial charge in [-0.15, -0.1) is 5.10 Å². The van der Waals surface area contributed by atoms with Crippen molar-refractivity contribution >= 4 is 28.9 Å². The Kier molecular flexibility index (Phi) is 6.05. The number of nitriles is 1. The van der Waals surface area contributed by atoms with Crippen molar-refractivity contribution in [1.82, 2.24) is 25.6 Å². The van der Waals surface area contributed by atoms with Gasteiger partial charge >= 0.3 is 5.69 Å². The third-order valence-electron chi connectivity index (χ3n) is 4.13. The third kappa shape index (κ3) is 4.40. The molecule has 0 unspecified atom stereocenters. The van der Waals surface area contributed by atoms with Crippen molar-refractivity contribution in [1.29, 1.82) is 10.7 Å². The minimum absolute atomic E-state index is 0.0200. The quantitative estimate of drug-likeness (QED) is 0.412. The highest BCUT2D eigenvalue weighted by atomic mass is 35.5. The minimum atomic E-state index is -0.904. The van der Waals surface area contributed by atoms with Crippen LogP contribution in [-0.4, -0.2) is 20.5 Å². The Morgan fingerprint density at radius 3 is 2.52 bits per heavy atom. The van der Waals surface area contributed by atoms with E-state index in [4.69, 9.17) is 44.3 Å². The maximum atomic E-state index is 12.1. The van der Waals surface area contributed by atoms with E-state index in [2.05, 4.69) is 16.0 Å². The highest BCUT2D eigenvalue weighted by molar-refractivity contribution is 6.37. The van der Waals surface area contributed by atoms with Gasteiger partial charge < -0.3 is 15.9 Å². The molecule has 6 N–H and O–H groups in total. The first-order valence-electron chi connectivity index (χ1n) is 8.75. The summed E-state index contributed by atoms with van der Waals surface area (Å²) in [6, 6.07) is 4.25. The van der Waals surface area contributed by atoms with Gasteiger partial charge in [-0.2, -0.15) is 9.94 Å². The summed E-state index contributed by atoms with van der Waals surface area (Å²) in [5.74, 6) is 0.424. The smallest absolute Gasteiger partial charge is 0.349 e. The zero-order valence-corrected chi connectivity index (χ0v) is 17.7. The number of halogens is 2.